The second-order valence-corrected chi connectivity index (χ2v) is 6.71. The molecule has 0 aromatic heterocycles. The Kier molecular flexibility index (Phi) is 4.63. The van der Waals surface area contributed by atoms with Gasteiger partial charge in [0.15, 0.2) is 0 Å². The van der Waals surface area contributed by atoms with Crippen molar-refractivity contribution in [2.45, 2.75) is 9.79 Å². The molecule has 0 aliphatic rings. The van der Waals surface area contributed by atoms with Crippen molar-refractivity contribution in [1.82, 2.24) is 5.32 Å². The molecule has 0 unspecified atom stereocenters. The molecule has 5 nitrogen and oxygen atoms in total. The summed E-state index contributed by atoms with van der Waals surface area (Å²) in [5.41, 5.74) is 0.255. The number of fused-ring (bicyclic) bond motifs is 1. The molecule has 3 rings (SSSR count). The van der Waals surface area contributed by atoms with Gasteiger partial charge in [0.2, 0.25) is 0 Å². The van der Waals surface area contributed by atoms with Gasteiger partial charge < -0.3 is 15.2 Å². The summed E-state index contributed by atoms with van der Waals surface area (Å²) in [5, 5.41) is 15.0. The highest BCUT2D eigenvalue weighted by Gasteiger charge is 2.19. The van der Waals surface area contributed by atoms with E-state index in [9.17, 15) is 18.9 Å². The van der Waals surface area contributed by atoms with Crippen molar-refractivity contribution in [1.29, 1.82) is 0 Å². The number of carbonyl (C=O) groups excluding carboxylic acids is 2. The normalized spacial score (nSPS) is 11.9. The van der Waals surface area contributed by atoms with E-state index < -0.39 is 16.8 Å². The van der Waals surface area contributed by atoms with Crippen LogP contribution in [0.1, 0.15) is 20.7 Å². The van der Waals surface area contributed by atoms with Gasteiger partial charge in [0.05, 0.1) is 32.1 Å². The fraction of sp³-hybridized carbons (Fsp3) is 0.0526. The number of aromatic carboxylic acids is 1. The van der Waals surface area contributed by atoms with Gasteiger partial charge in [-0.15, -0.1) is 0 Å². The van der Waals surface area contributed by atoms with E-state index in [2.05, 4.69) is 5.32 Å². The van der Waals surface area contributed by atoms with E-state index in [0.29, 0.717) is 20.6 Å². The maximum absolute atomic E-state index is 13.2. The van der Waals surface area contributed by atoms with Crippen LogP contribution in [0.4, 0.5) is 0 Å². The van der Waals surface area contributed by atoms with Crippen molar-refractivity contribution < 1.29 is 18.9 Å². The van der Waals surface area contributed by atoms with E-state index in [1.807, 2.05) is 0 Å². The average molecular weight is 352 g/mol. The topological polar surface area (TPSA) is 86.3 Å². The van der Waals surface area contributed by atoms with E-state index >= 15 is 0 Å². The fourth-order valence-electron chi connectivity index (χ4n) is 2.70. The van der Waals surface area contributed by atoms with E-state index in [0.717, 1.165) is 0 Å². The zero-order valence-corrected chi connectivity index (χ0v) is 14.1. The molecule has 1 N–H and O–H groups in total. The zero-order chi connectivity index (χ0) is 18.0. The molecule has 6 heteroatoms. The Morgan fingerprint density at radius 2 is 1.48 bits per heavy atom. The number of amides is 1. The summed E-state index contributed by atoms with van der Waals surface area (Å²) in [6.07, 6.45) is 0. The minimum atomic E-state index is -1.73. The van der Waals surface area contributed by atoms with Gasteiger partial charge in [0, 0.05) is 18.0 Å². The van der Waals surface area contributed by atoms with Crippen molar-refractivity contribution >= 4 is 33.4 Å². The molecule has 0 heterocycles. The fourth-order valence-corrected chi connectivity index (χ4v) is 4.12. The van der Waals surface area contributed by atoms with Crippen molar-refractivity contribution in [3.8, 4) is 0 Å². The summed E-state index contributed by atoms with van der Waals surface area (Å²) >= 11 is 0. The van der Waals surface area contributed by atoms with Crippen molar-refractivity contribution in [3.05, 3.63) is 71.8 Å². The van der Waals surface area contributed by atoms with E-state index in [-0.39, 0.29) is 17.0 Å². The largest absolute Gasteiger partial charge is 0.545 e. The minimum Gasteiger partial charge on any atom is -0.545 e. The molecule has 0 aliphatic heterocycles. The lowest BCUT2D eigenvalue weighted by atomic mass is 10.0. The molecule has 0 saturated heterocycles. The third-order valence-corrected chi connectivity index (χ3v) is 5.34. The van der Waals surface area contributed by atoms with Crippen LogP contribution in [0.2, 0.25) is 0 Å². The number of nitrogens with one attached hydrogen (secondary N) is 1. The SMILES string of the molecule is CNC(=O)c1ccccc1[S@](=O)c1cccc2cccc(C(=O)[O-])c12. The molecule has 126 valence electrons. The number of benzene rings is 3. The maximum atomic E-state index is 13.2. The molecular weight excluding hydrogens is 338 g/mol. The molecule has 25 heavy (non-hydrogen) atoms. The molecule has 0 saturated carbocycles. The first-order valence-corrected chi connectivity index (χ1v) is 8.65. The Labute approximate surface area is 146 Å². The van der Waals surface area contributed by atoms with Gasteiger partial charge in [-0.2, -0.15) is 0 Å². The highest BCUT2D eigenvalue weighted by atomic mass is 32.2. The quantitative estimate of drug-likeness (QED) is 0.775. The highest BCUT2D eigenvalue weighted by Crippen LogP contribution is 2.29. The van der Waals surface area contributed by atoms with Gasteiger partial charge in [-0.1, -0.05) is 42.5 Å². The number of carbonyl (C=O) groups is 2. The second kappa shape index (κ2) is 6.86. The molecule has 1 atom stereocenters. The summed E-state index contributed by atoms with van der Waals surface area (Å²) in [5.74, 6) is -1.70. The molecule has 0 radical (unpaired) electrons. The molecule has 3 aromatic carbocycles. The second-order valence-electron chi connectivity index (χ2n) is 5.29. The Balaban J connectivity index is 2.26. The molecule has 0 spiro atoms. The predicted molar refractivity (Wildman–Crippen MR) is 92.8 cm³/mol. The summed E-state index contributed by atoms with van der Waals surface area (Å²) in [7, 11) is -0.240. The van der Waals surface area contributed by atoms with Crippen LogP contribution in [0, 0.1) is 0 Å². The lowest BCUT2D eigenvalue weighted by Crippen LogP contribution is -2.23. The molecule has 3 aromatic rings. The van der Waals surface area contributed by atoms with Crippen LogP contribution >= 0.6 is 0 Å². The lowest BCUT2D eigenvalue weighted by molar-refractivity contribution is -0.254. The maximum Gasteiger partial charge on any atom is 0.252 e. The first-order chi connectivity index (χ1) is 12.0. The Hall–Kier alpha value is -2.99. The van der Waals surface area contributed by atoms with Gasteiger partial charge in [-0.05, 0) is 23.6 Å². The van der Waals surface area contributed by atoms with Crippen molar-refractivity contribution in [3.63, 3.8) is 0 Å². The van der Waals surface area contributed by atoms with Crippen LogP contribution in [0.15, 0.2) is 70.5 Å². The zero-order valence-electron chi connectivity index (χ0n) is 13.3. The van der Waals surface area contributed by atoms with Crippen LogP contribution in [0.3, 0.4) is 0 Å². The number of carboxylic acids is 1. The summed E-state index contributed by atoms with van der Waals surface area (Å²) in [6, 6.07) is 16.4. The van der Waals surface area contributed by atoms with Crippen LogP contribution in [-0.2, 0) is 10.8 Å². The van der Waals surface area contributed by atoms with Crippen LogP contribution in [0.5, 0.6) is 0 Å². The predicted octanol–water partition coefficient (Wildman–Crippen LogP) is 1.73. The van der Waals surface area contributed by atoms with E-state index in [4.69, 9.17) is 0 Å². The monoisotopic (exact) mass is 352 g/mol. The summed E-state index contributed by atoms with van der Waals surface area (Å²) < 4.78 is 13.2. The number of hydrogen-bond acceptors (Lipinski definition) is 4. The third-order valence-electron chi connectivity index (χ3n) is 3.84. The van der Waals surface area contributed by atoms with Crippen LogP contribution in [0.25, 0.3) is 10.8 Å². The van der Waals surface area contributed by atoms with Gasteiger partial charge in [-0.25, -0.2) is 4.21 Å². The van der Waals surface area contributed by atoms with Gasteiger partial charge in [0.25, 0.3) is 5.91 Å². The van der Waals surface area contributed by atoms with E-state index in [1.54, 1.807) is 54.6 Å². The third kappa shape index (κ3) is 3.04. The number of hydrogen-bond donors (Lipinski definition) is 1. The number of rotatable bonds is 4. The van der Waals surface area contributed by atoms with Crippen LogP contribution in [-0.4, -0.2) is 23.1 Å². The summed E-state index contributed by atoms with van der Waals surface area (Å²) in [6.45, 7) is 0. The smallest absolute Gasteiger partial charge is 0.252 e. The van der Waals surface area contributed by atoms with Gasteiger partial charge in [-0.3, -0.25) is 4.79 Å². The molecule has 0 bridgehead atoms. The van der Waals surface area contributed by atoms with Crippen LogP contribution < -0.4 is 10.4 Å². The van der Waals surface area contributed by atoms with Gasteiger partial charge in [0.1, 0.15) is 0 Å². The summed E-state index contributed by atoms with van der Waals surface area (Å²) in [4.78, 5) is 24.2. The minimum absolute atomic E-state index is 0.0288. The Bertz CT molecular complexity index is 1010. The average Bonchev–Trinajstić information content (AvgIpc) is 2.65. The first kappa shape index (κ1) is 16.9. The molecular formula is C19H14NO4S-. The molecule has 1 amide bonds. The van der Waals surface area contributed by atoms with Crippen molar-refractivity contribution in [2.24, 2.45) is 0 Å². The standard InChI is InChI=1S/C19H15NO4S/c1-20-18(21)13-8-2-3-10-15(13)25(24)16-11-5-7-12-6-4-9-14(17(12)16)19(22)23/h2-11H,1H3,(H,20,21)(H,22,23)/p-1/t25-/m0/s1. The first-order valence-electron chi connectivity index (χ1n) is 7.50. The van der Waals surface area contributed by atoms with Gasteiger partial charge >= 0.3 is 0 Å². The highest BCUT2D eigenvalue weighted by molar-refractivity contribution is 7.85. The van der Waals surface area contributed by atoms with E-state index in [1.165, 1.54) is 13.1 Å². The Morgan fingerprint density at radius 1 is 0.880 bits per heavy atom. The van der Waals surface area contributed by atoms with Crippen molar-refractivity contribution in [2.75, 3.05) is 7.05 Å². The number of carboxylic acid groups (broad SMARTS) is 1. The molecule has 0 aliphatic carbocycles. The lowest BCUT2D eigenvalue weighted by Gasteiger charge is -2.13. The Morgan fingerprint density at radius 3 is 2.16 bits per heavy atom. The molecule has 0 fully saturated rings.